The van der Waals surface area contributed by atoms with Crippen LogP contribution in [-0.2, 0) is 11.3 Å². The Bertz CT molecular complexity index is 537. The van der Waals surface area contributed by atoms with E-state index in [0.29, 0.717) is 24.3 Å². The Morgan fingerprint density at radius 3 is 2.43 bits per heavy atom. The first-order valence-electron chi connectivity index (χ1n) is 7.69. The minimum Gasteiger partial charge on any atom is -0.493 e. The maximum Gasteiger partial charge on any atom is 0.387 e. The normalized spacial score (nSPS) is 26.0. The number of halogens is 2. The Morgan fingerprint density at radius 1 is 1.22 bits per heavy atom. The summed E-state index contributed by atoms with van der Waals surface area (Å²) >= 11 is 0. The van der Waals surface area contributed by atoms with Gasteiger partial charge in [0.1, 0.15) is 0 Å². The lowest BCUT2D eigenvalue weighted by molar-refractivity contribution is -0.145. The third-order valence-electron chi connectivity index (χ3n) is 4.76. The van der Waals surface area contributed by atoms with Crippen LogP contribution in [-0.4, -0.2) is 33.0 Å². The maximum absolute atomic E-state index is 12.5. The van der Waals surface area contributed by atoms with Crippen LogP contribution in [0.2, 0.25) is 0 Å². The highest BCUT2D eigenvalue weighted by atomic mass is 19.3. The van der Waals surface area contributed by atoms with E-state index >= 15 is 0 Å². The molecule has 0 spiro atoms. The van der Waals surface area contributed by atoms with Gasteiger partial charge in [-0.3, -0.25) is 0 Å². The Hall–Kier alpha value is -1.40. The van der Waals surface area contributed by atoms with Crippen LogP contribution in [0.25, 0.3) is 0 Å². The van der Waals surface area contributed by atoms with Crippen molar-refractivity contribution < 1.29 is 23.0 Å². The SMILES string of the molecule is COc1ccc(CNC2C(C)C(OC)C2(C)C)cc1OC(F)F. The molecule has 0 saturated heterocycles. The number of ether oxygens (including phenoxy) is 3. The topological polar surface area (TPSA) is 39.7 Å². The van der Waals surface area contributed by atoms with Gasteiger partial charge in [0.05, 0.1) is 13.2 Å². The van der Waals surface area contributed by atoms with Gasteiger partial charge in [-0.05, 0) is 23.6 Å². The van der Waals surface area contributed by atoms with E-state index in [0.717, 1.165) is 5.56 Å². The van der Waals surface area contributed by atoms with Crippen molar-refractivity contribution in [3.8, 4) is 11.5 Å². The molecule has 0 bridgehead atoms. The highest BCUT2D eigenvalue weighted by Gasteiger charge is 2.54. The molecule has 1 aliphatic rings. The monoisotopic (exact) mass is 329 g/mol. The van der Waals surface area contributed by atoms with Gasteiger partial charge in [0.2, 0.25) is 0 Å². The molecule has 6 heteroatoms. The lowest BCUT2D eigenvalue weighted by Gasteiger charge is -2.56. The Labute approximate surface area is 136 Å². The van der Waals surface area contributed by atoms with Crippen molar-refractivity contribution >= 4 is 0 Å². The summed E-state index contributed by atoms with van der Waals surface area (Å²) in [6.07, 6.45) is 0.216. The average molecular weight is 329 g/mol. The van der Waals surface area contributed by atoms with Crippen molar-refractivity contribution in [3.63, 3.8) is 0 Å². The summed E-state index contributed by atoms with van der Waals surface area (Å²) in [4.78, 5) is 0. The van der Waals surface area contributed by atoms with E-state index in [-0.39, 0.29) is 17.3 Å². The van der Waals surface area contributed by atoms with Crippen molar-refractivity contribution in [2.45, 2.75) is 46.1 Å². The van der Waals surface area contributed by atoms with Crippen molar-refractivity contribution in [3.05, 3.63) is 23.8 Å². The van der Waals surface area contributed by atoms with Crippen LogP contribution in [0.4, 0.5) is 8.78 Å². The molecule has 0 aliphatic heterocycles. The number of nitrogens with one attached hydrogen (secondary N) is 1. The number of hydrogen-bond acceptors (Lipinski definition) is 4. The van der Waals surface area contributed by atoms with Crippen LogP contribution in [0, 0.1) is 11.3 Å². The van der Waals surface area contributed by atoms with Gasteiger partial charge >= 0.3 is 6.61 Å². The van der Waals surface area contributed by atoms with Crippen molar-refractivity contribution in [1.82, 2.24) is 5.32 Å². The lowest BCUT2D eigenvalue weighted by atomic mass is 9.58. The van der Waals surface area contributed by atoms with Crippen LogP contribution >= 0.6 is 0 Å². The zero-order valence-electron chi connectivity index (χ0n) is 14.2. The number of benzene rings is 1. The van der Waals surface area contributed by atoms with E-state index in [1.165, 1.54) is 7.11 Å². The second kappa shape index (κ2) is 7.01. The highest BCUT2D eigenvalue weighted by molar-refractivity contribution is 5.43. The molecule has 3 unspecified atom stereocenters. The number of rotatable bonds is 7. The van der Waals surface area contributed by atoms with Crippen LogP contribution in [0.15, 0.2) is 18.2 Å². The fourth-order valence-electron chi connectivity index (χ4n) is 3.80. The standard InChI is InChI=1S/C17H25F2NO3/c1-10-14(17(2,3)15(10)22-5)20-9-11-6-7-12(21-4)13(8-11)23-16(18)19/h6-8,10,14-16,20H,9H2,1-5H3. The van der Waals surface area contributed by atoms with E-state index in [1.54, 1.807) is 19.2 Å². The van der Waals surface area contributed by atoms with Gasteiger partial charge in [0.25, 0.3) is 0 Å². The zero-order chi connectivity index (χ0) is 17.2. The number of hydrogen-bond donors (Lipinski definition) is 1. The predicted octanol–water partition coefficient (Wildman–Crippen LogP) is 3.45. The van der Waals surface area contributed by atoms with E-state index in [1.807, 2.05) is 6.07 Å². The maximum atomic E-state index is 12.5. The minimum atomic E-state index is -2.87. The van der Waals surface area contributed by atoms with E-state index in [9.17, 15) is 8.78 Å². The summed E-state index contributed by atoms with van der Waals surface area (Å²) in [5.41, 5.74) is 0.897. The van der Waals surface area contributed by atoms with Crippen LogP contribution in [0.5, 0.6) is 11.5 Å². The van der Waals surface area contributed by atoms with Gasteiger partial charge in [-0.1, -0.05) is 26.8 Å². The van der Waals surface area contributed by atoms with Gasteiger partial charge in [-0.15, -0.1) is 0 Å². The summed E-state index contributed by atoms with van der Waals surface area (Å²) in [5.74, 6) is 0.744. The molecule has 1 N–H and O–H groups in total. The fraction of sp³-hybridized carbons (Fsp3) is 0.647. The van der Waals surface area contributed by atoms with Crippen molar-refractivity contribution in [2.75, 3.05) is 14.2 Å². The molecule has 2 rings (SSSR count). The van der Waals surface area contributed by atoms with Crippen LogP contribution < -0.4 is 14.8 Å². The van der Waals surface area contributed by atoms with E-state index in [2.05, 4.69) is 30.8 Å². The second-order valence-corrected chi connectivity index (χ2v) is 6.56. The molecule has 1 fully saturated rings. The molecule has 0 radical (unpaired) electrons. The molecule has 1 aromatic rings. The first-order chi connectivity index (χ1) is 10.8. The molecule has 1 aliphatic carbocycles. The molecule has 23 heavy (non-hydrogen) atoms. The molecule has 0 heterocycles. The molecule has 0 aromatic heterocycles. The van der Waals surface area contributed by atoms with Gasteiger partial charge in [-0.2, -0.15) is 8.78 Å². The lowest BCUT2D eigenvalue weighted by Crippen LogP contribution is -2.66. The molecule has 1 saturated carbocycles. The summed E-state index contributed by atoms with van der Waals surface area (Å²) in [6, 6.07) is 5.37. The largest absolute Gasteiger partial charge is 0.493 e. The van der Waals surface area contributed by atoms with Crippen molar-refractivity contribution in [2.24, 2.45) is 11.3 Å². The number of alkyl halides is 2. The fourth-order valence-corrected chi connectivity index (χ4v) is 3.80. The van der Waals surface area contributed by atoms with Gasteiger partial charge < -0.3 is 19.5 Å². The molecular weight excluding hydrogens is 304 g/mol. The molecule has 1 aromatic carbocycles. The van der Waals surface area contributed by atoms with E-state index < -0.39 is 6.61 Å². The first-order valence-corrected chi connectivity index (χ1v) is 7.69. The quantitative estimate of drug-likeness (QED) is 0.832. The number of methoxy groups -OCH3 is 2. The molecular formula is C17H25F2NO3. The van der Waals surface area contributed by atoms with Crippen LogP contribution in [0.1, 0.15) is 26.3 Å². The molecule has 0 amide bonds. The smallest absolute Gasteiger partial charge is 0.387 e. The molecule has 3 atom stereocenters. The van der Waals surface area contributed by atoms with Gasteiger partial charge in [0.15, 0.2) is 11.5 Å². The minimum absolute atomic E-state index is 0.0307. The second-order valence-electron chi connectivity index (χ2n) is 6.56. The summed E-state index contributed by atoms with van der Waals surface area (Å²) in [6.45, 7) is 4.17. The van der Waals surface area contributed by atoms with Gasteiger partial charge in [-0.25, -0.2) is 0 Å². The average Bonchev–Trinajstić information content (AvgIpc) is 2.47. The summed E-state index contributed by atoms with van der Waals surface area (Å²) in [7, 11) is 3.16. The predicted molar refractivity (Wildman–Crippen MR) is 84.0 cm³/mol. The Kier molecular flexibility index (Phi) is 5.47. The van der Waals surface area contributed by atoms with E-state index in [4.69, 9.17) is 9.47 Å². The molecule has 130 valence electrons. The van der Waals surface area contributed by atoms with Crippen molar-refractivity contribution in [1.29, 1.82) is 0 Å². The van der Waals surface area contributed by atoms with Gasteiger partial charge in [0, 0.05) is 25.1 Å². The zero-order valence-corrected chi connectivity index (χ0v) is 14.2. The van der Waals surface area contributed by atoms with Crippen LogP contribution in [0.3, 0.4) is 0 Å². The third kappa shape index (κ3) is 3.58. The highest BCUT2D eigenvalue weighted by Crippen LogP contribution is 2.47. The molecule has 4 nitrogen and oxygen atoms in total. The Morgan fingerprint density at radius 2 is 1.91 bits per heavy atom. The summed E-state index contributed by atoms with van der Waals surface area (Å²) < 4.78 is 40.0. The summed E-state index contributed by atoms with van der Waals surface area (Å²) in [5, 5.41) is 3.49. The first kappa shape index (κ1) is 17.9. The Balaban J connectivity index is 2.04. The third-order valence-corrected chi connectivity index (χ3v) is 4.76.